The van der Waals surface area contributed by atoms with Gasteiger partial charge in [0.15, 0.2) is 0 Å². The molecule has 1 aliphatic carbocycles. The van der Waals surface area contributed by atoms with Gasteiger partial charge in [-0.15, -0.1) is 0 Å². The average Bonchev–Trinajstić information content (AvgIpc) is 3.16. The minimum Gasteiger partial charge on any atom is -0.356 e. The van der Waals surface area contributed by atoms with Gasteiger partial charge in [0.05, 0.1) is 5.92 Å². The molecule has 2 amide bonds. The first kappa shape index (κ1) is 18.5. The molecule has 2 aliphatic heterocycles. The topological polar surface area (TPSA) is 103 Å². The molecule has 2 saturated heterocycles. The Bertz CT molecular complexity index is 824. The molecule has 0 radical (unpaired) electrons. The van der Waals surface area contributed by atoms with Crippen LogP contribution in [0, 0.1) is 5.92 Å². The van der Waals surface area contributed by atoms with Crippen LogP contribution in [-0.2, 0) is 14.8 Å². The third-order valence-corrected chi connectivity index (χ3v) is 7.44. The number of carbonyl (C=O) groups is 2. The summed E-state index contributed by atoms with van der Waals surface area (Å²) in [4.78, 5) is 29.4. The number of likely N-dealkylation sites (tertiary alicyclic amines) is 1. The maximum absolute atomic E-state index is 13.0. The van der Waals surface area contributed by atoms with E-state index in [1.54, 1.807) is 4.90 Å². The summed E-state index contributed by atoms with van der Waals surface area (Å²) in [6.45, 7) is 2.02. The summed E-state index contributed by atoms with van der Waals surface area (Å²) in [5, 5.41) is 2.97. The van der Waals surface area contributed by atoms with Crippen LogP contribution in [0.25, 0.3) is 0 Å². The number of carbonyl (C=O) groups excluding carboxylic acids is 2. The van der Waals surface area contributed by atoms with E-state index in [1.165, 1.54) is 16.6 Å². The van der Waals surface area contributed by atoms with E-state index in [2.05, 4.69) is 10.3 Å². The first-order chi connectivity index (χ1) is 12.9. The molecular formula is C18H26N4O4S. The van der Waals surface area contributed by atoms with E-state index >= 15 is 0 Å². The van der Waals surface area contributed by atoms with Crippen molar-refractivity contribution < 1.29 is 18.0 Å². The van der Waals surface area contributed by atoms with E-state index in [-0.39, 0.29) is 35.2 Å². The second-order valence-corrected chi connectivity index (χ2v) is 9.67. The van der Waals surface area contributed by atoms with Gasteiger partial charge < -0.3 is 15.2 Å². The first-order valence-electron chi connectivity index (χ1n) is 9.73. The minimum absolute atomic E-state index is 0.0450. The van der Waals surface area contributed by atoms with Crippen LogP contribution in [0.3, 0.4) is 0 Å². The normalized spacial score (nSPS) is 24.1. The molecule has 1 aromatic rings. The van der Waals surface area contributed by atoms with Crippen molar-refractivity contribution in [1.29, 1.82) is 0 Å². The molecule has 3 fully saturated rings. The molecule has 0 aromatic carbocycles. The lowest BCUT2D eigenvalue weighted by molar-refractivity contribution is -0.126. The predicted molar refractivity (Wildman–Crippen MR) is 98.6 cm³/mol. The molecule has 1 atom stereocenters. The third kappa shape index (κ3) is 3.89. The Hall–Kier alpha value is -1.87. The molecular weight excluding hydrogens is 368 g/mol. The molecule has 1 unspecified atom stereocenters. The molecule has 3 heterocycles. The van der Waals surface area contributed by atoms with E-state index in [9.17, 15) is 18.0 Å². The smallest absolute Gasteiger partial charge is 0.270 e. The maximum atomic E-state index is 13.0. The number of hydrogen-bond acceptors (Lipinski definition) is 4. The number of sulfonamides is 1. The summed E-state index contributed by atoms with van der Waals surface area (Å²) in [6.07, 6.45) is 6.73. The Morgan fingerprint density at radius 3 is 2.52 bits per heavy atom. The zero-order valence-electron chi connectivity index (χ0n) is 15.3. The van der Waals surface area contributed by atoms with Gasteiger partial charge in [0.25, 0.3) is 5.91 Å². The summed E-state index contributed by atoms with van der Waals surface area (Å²) in [5.41, 5.74) is 0.301. The van der Waals surface area contributed by atoms with Crippen molar-refractivity contribution in [3.05, 3.63) is 18.0 Å². The number of piperidine rings is 1. The number of amides is 2. The summed E-state index contributed by atoms with van der Waals surface area (Å²) in [5.74, 6) is -0.510. The number of aromatic amines is 1. The predicted octanol–water partition coefficient (Wildman–Crippen LogP) is 0.930. The minimum atomic E-state index is -3.73. The monoisotopic (exact) mass is 394 g/mol. The van der Waals surface area contributed by atoms with Gasteiger partial charge in [-0.2, -0.15) is 4.31 Å². The summed E-state index contributed by atoms with van der Waals surface area (Å²) in [7, 11) is -3.73. The van der Waals surface area contributed by atoms with Crippen molar-refractivity contribution in [1.82, 2.24) is 19.5 Å². The molecule has 0 spiro atoms. The Morgan fingerprint density at radius 2 is 1.81 bits per heavy atom. The summed E-state index contributed by atoms with van der Waals surface area (Å²) >= 11 is 0. The number of nitrogens with zero attached hydrogens (tertiary/aromatic N) is 2. The second-order valence-electron chi connectivity index (χ2n) is 7.73. The summed E-state index contributed by atoms with van der Waals surface area (Å²) < 4.78 is 27.4. The number of hydrogen-bond donors (Lipinski definition) is 2. The van der Waals surface area contributed by atoms with Crippen molar-refractivity contribution >= 4 is 21.8 Å². The first-order valence-corrected chi connectivity index (χ1v) is 11.2. The Balaban J connectivity index is 1.45. The van der Waals surface area contributed by atoms with Crippen LogP contribution in [0.1, 0.15) is 49.0 Å². The zero-order chi connectivity index (χ0) is 19.0. The molecule has 3 aliphatic rings. The van der Waals surface area contributed by atoms with E-state index in [1.807, 2.05) is 0 Å². The number of rotatable bonds is 5. The van der Waals surface area contributed by atoms with Crippen molar-refractivity contribution in [2.24, 2.45) is 5.92 Å². The fourth-order valence-corrected chi connectivity index (χ4v) is 5.33. The van der Waals surface area contributed by atoms with Crippen LogP contribution < -0.4 is 5.32 Å². The van der Waals surface area contributed by atoms with Crippen LogP contribution >= 0.6 is 0 Å². The van der Waals surface area contributed by atoms with Crippen LogP contribution in [0.5, 0.6) is 0 Å². The third-order valence-electron chi connectivity index (χ3n) is 5.60. The molecule has 0 bridgehead atoms. The molecule has 2 N–H and O–H groups in total. The van der Waals surface area contributed by atoms with E-state index in [4.69, 9.17) is 0 Å². The lowest BCUT2D eigenvalue weighted by Crippen LogP contribution is -2.45. The van der Waals surface area contributed by atoms with Crippen molar-refractivity contribution in [2.45, 2.75) is 49.5 Å². The van der Waals surface area contributed by atoms with Crippen LogP contribution in [0.4, 0.5) is 0 Å². The van der Waals surface area contributed by atoms with Gasteiger partial charge in [-0.05, 0) is 44.6 Å². The fraction of sp³-hybridized carbons (Fsp3) is 0.667. The van der Waals surface area contributed by atoms with Gasteiger partial charge in [-0.3, -0.25) is 9.59 Å². The Kier molecular flexibility index (Phi) is 4.98. The van der Waals surface area contributed by atoms with Crippen molar-refractivity contribution in [2.75, 3.05) is 26.2 Å². The van der Waals surface area contributed by atoms with Gasteiger partial charge in [-0.25, -0.2) is 8.42 Å². The lowest BCUT2D eigenvalue weighted by atomic mass is 9.99. The van der Waals surface area contributed by atoms with Crippen LogP contribution in [-0.4, -0.2) is 66.6 Å². The van der Waals surface area contributed by atoms with E-state index in [0.717, 1.165) is 25.7 Å². The Morgan fingerprint density at radius 1 is 1.07 bits per heavy atom. The molecule has 27 heavy (non-hydrogen) atoms. The highest BCUT2D eigenvalue weighted by atomic mass is 32.2. The molecule has 9 heteroatoms. The number of aromatic nitrogens is 1. The molecule has 8 nitrogen and oxygen atoms in total. The molecule has 1 saturated carbocycles. The standard InChI is InChI=1S/C18H26N4O4S/c23-17(20-14-5-6-14)13-4-3-9-22(12-13)27(25,26)15-10-16(19-11-15)18(24)21-7-1-2-8-21/h10-11,13-14,19H,1-9,12H2,(H,20,23). The second kappa shape index (κ2) is 7.27. The van der Waals surface area contributed by atoms with E-state index in [0.29, 0.717) is 38.2 Å². The van der Waals surface area contributed by atoms with Gasteiger partial charge in [-0.1, -0.05) is 0 Å². The fourth-order valence-electron chi connectivity index (χ4n) is 3.81. The largest absolute Gasteiger partial charge is 0.356 e. The number of H-pyrrole nitrogens is 1. The van der Waals surface area contributed by atoms with Crippen molar-refractivity contribution in [3.63, 3.8) is 0 Å². The van der Waals surface area contributed by atoms with Gasteiger partial charge in [0, 0.05) is 38.4 Å². The van der Waals surface area contributed by atoms with E-state index < -0.39 is 10.0 Å². The quantitative estimate of drug-likeness (QED) is 0.775. The highest BCUT2D eigenvalue weighted by molar-refractivity contribution is 7.89. The van der Waals surface area contributed by atoms with Crippen molar-refractivity contribution in [3.8, 4) is 0 Å². The molecule has 1 aromatic heterocycles. The average molecular weight is 394 g/mol. The van der Waals surface area contributed by atoms with Crippen LogP contribution in [0.2, 0.25) is 0 Å². The van der Waals surface area contributed by atoms with Gasteiger partial charge in [0.1, 0.15) is 10.6 Å². The SMILES string of the molecule is O=C(NC1CC1)C1CCCN(S(=O)(=O)c2c[nH]c(C(=O)N3CCCC3)c2)C1. The highest BCUT2D eigenvalue weighted by Gasteiger charge is 2.36. The van der Waals surface area contributed by atoms with Crippen LogP contribution in [0.15, 0.2) is 17.2 Å². The molecule has 148 valence electrons. The lowest BCUT2D eigenvalue weighted by Gasteiger charge is -2.30. The Labute approximate surface area is 159 Å². The summed E-state index contributed by atoms with van der Waals surface area (Å²) in [6, 6.07) is 1.69. The molecule has 4 rings (SSSR count). The zero-order valence-corrected chi connectivity index (χ0v) is 16.1. The maximum Gasteiger partial charge on any atom is 0.270 e. The number of nitrogens with one attached hydrogen (secondary N) is 2. The highest BCUT2D eigenvalue weighted by Crippen LogP contribution is 2.26. The van der Waals surface area contributed by atoms with Gasteiger partial charge in [0.2, 0.25) is 15.9 Å². The van der Waals surface area contributed by atoms with Gasteiger partial charge >= 0.3 is 0 Å².